The van der Waals surface area contributed by atoms with Crippen molar-refractivity contribution in [1.29, 1.82) is 0 Å². The number of hydrogen-bond donors (Lipinski definition) is 2. The van der Waals surface area contributed by atoms with Gasteiger partial charge in [-0.3, -0.25) is 0 Å². The van der Waals surface area contributed by atoms with Crippen molar-refractivity contribution in [1.82, 2.24) is 0 Å². The molecule has 1 aliphatic heterocycles. The van der Waals surface area contributed by atoms with Gasteiger partial charge in [-0.05, 0) is 36.4 Å². The molecule has 202 valence electrons. The maximum absolute atomic E-state index is 11.3. The lowest BCUT2D eigenvalue weighted by Crippen LogP contribution is -2.14. The summed E-state index contributed by atoms with van der Waals surface area (Å²) in [5, 5.41) is 31.7. The Hall–Kier alpha value is -4.25. The molecule has 2 bridgehead atoms. The molecule has 1 aliphatic rings. The zero-order valence-electron chi connectivity index (χ0n) is 21.2. The van der Waals surface area contributed by atoms with E-state index in [4.69, 9.17) is 23.7 Å². The summed E-state index contributed by atoms with van der Waals surface area (Å²) in [5.74, 6) is 0.0433. The number of azo groups is 1. The van der Waals surface area contributed by atoms with E-state index in [0.29, 0.717) is 84.1 Å². The molecule has 0 saturated heterocycles. The molecule has 0 fully saturated rings. The fourth-order valence-electron chi connectivity index (χ4n) is 4.30. The van der Waals surface area contributed by atoms with Crippen LogP contribution < -0.4 is 9.47 Å². The van der Waals surface area contributed by atoms with Crippen LogP contribution in [0.2, 0.25) is 0 Å². The third-order valence-electron chi connectivity index (χ3n) is 6.13. The fourth-order valence-corrected chi connectivity index (χ4v) is 4.30. The number of rotatable bonds is 3. The van der Waals surface area contributed by atoms with E-state index in [0.717, 1.165) is 0 Å². The summed E-state index contributed by atoms with van der Waals surface area (Å²) in [5.41, 5.74) is 1.06. The van der Waals surface area contributed by atoms with Crippen LogP contribution in [0.5, 0.6) is 17.2 Å². The largest absolute Gasteiger partial charge is 0.507 e. The van der Waals surface area contributed by atoms with Crippen molar-refractivity contribution in [2.24, 2.45) is 10.2 Å². The number of aromatic hydroxyl groups is 1. The second-order valence-electron chi connectivity index (χ2n) is 8.64. The van der Waals surface area contributed by atoms with Crippen LogP contribution >= 0.6 is 0 Å². The minimum atomic E-state index is -1.02. The number of carboxylic acids is 1. The van der Waals surface area contributed by atoms with Gasteiger partial charge in [-0.2, -0.15) is 5.11 Å². The number of hydrogen-bond acceptors (Lipinski definition) is 9. The first-order valence-electron chi connectivity index (χ1n) is 12.6. The van der Waals surface area contributed by atoms with E-state index in [1.54, 1.807) is 48.5 Å². The third-order valence-corrected chi connectivity index (χ3v) is 6.13. The molecule has 0 radical (unpaired) electrons. The summed E-state index contributed by atoms with van der Waals surface area (Å²) in [7, 11) is 0. The fraction of sp³-hybridized carbons (Fsp3) is 0.276. The average molecular weight is 533 g/mol. The van der Waals surface area contributed by atoms with E-state index < -0.39 is 5.97 Å². The Labute approximate surface area is 224 Å². The van der Waals surface area contributed by atoms with Gasteiger partial charge >= 0.3 is 5.97 Å². The minimum Gasteiger partial charge on any atom is -0.507 e. The van der Waals surface area contributed by atoms with Crippen molar-refractivity contribution in [2.45, 2.75) is 0 Å². The van der Waals surface area contributed by atoms with Crippen LogP contribution in [0.1, 0.15) is 10.4 Å². The molecular weight excluding hydrogens is 504 g/mol. The quantitative estimate of drug-likeness (QED) is 0.257. The van der Waals surface area contributed by atoms with Crippen LogP contribution in [0.25, 0.3) is 21.5 Å². The van der Waals surface area contributed by atoms with Gasteiger partial charge in [0.1, 0.15) is 36.1 Å². The predicted octanol–water partition coefficient (Wildman–Crippen LogP) is 5.63. The first kappa shape index (κ1) is 26.4. The van der Waals surface area contributed by atoms with Crippen LogP contribution in [0, 0.1) is 0 Å². The molecule has 4 aromatic carbocycles. The molecule has 0 saturated carbocycles. The molecule has 5 rings (SSSR count). The van der Waals surface area contributed by atoms with Crippen molar-refractivity contribution in [2.75, 3.05) is 52.9 Å². The number of phenols is 1. The lowest BCUT2D eigenvalue weighted by Gasteiger charge is -2.17. The van der Waals surface area contributed by atoms with Crippen molar-refractivity contribution in [3.05, 3.63) is 66.2 Å². The molecule has 2 N–H and O–H groups in total. The Morgan fingerprint density at radius 3 is 1.62 bits per heavy atom. The molecule has 1 heterocycles. The highest BCUT2D eigenvalue weighted by Gasteiger charge is 2.20. The van der Waals surface area contributed by atoms with Crippen molar-refractivity contribution >= 4 is 38.9 Å². The van der Waals surface area contributed by atoms with Crippen LogP contribution in [-0.2, 0) is 14.2 Å². The van der Waals surface area contributed by atoms with Crippen molar-refractivity contribution < 1.29 is 38.7 Å². The van der Waals surface area contributed by atoms with Gasteiger partial charge in [-0.15, -0.1) is 5.11 Å². The van der Waals surface area contributed by atoms with Crippen molar-refractivity contribution in [3.8, 4) is 17.2 Å². The molecule has 0 spiro atoms. The molecule has 10 nitrogen and oxygen atoms in total. The summed E-state index contributed by atoms with van der Waals surface area (Å²) in [4.78, 5) is 11.2. The smallest absolute Gasteiger partial charge is 0.335 e. The molecular formula is C29H28N2O8. The maximum Gasteiger partial charge on any atom is 0.335 e. The predicted molar refractivity (Wildman–Crippen MR) is 144 cm³/mol. The zero-order chi connectivity index (χ0) is 27.0. The third kappa shape index (κ3) is 6.09. The minimum absolute atomic E-state index is 0.0692. The number of nitrogens with zero attached hydrogens (tertiary/aromatic N) is 2. The van der Waals surface area contributed by atoms with Gasteiger partial charge in [0.2, 0.25) is 0 Å². The molecule has 0 unspecified atom stereocenters. The number of carbonyl (C=O) groups is 1. The standard InChI is InChI=1S/C29H28N2O8/c32-28-21-3-1-5-23-25(21)27(31-30-20-9-7-19(8-10-20)29(33)34)26-22(28)4-2-6-24(26)39-18-16-37-14-12-35-11-13-36-15-17-38-23/h1-10,32H,11-18H2,(H,33,34). The topological polar surface area (TPSA) is 128 Å². The molecule has 0 aliphatic carbocycles. The van der Waals surface area contributed by atoms with Crippen molar-refractivity contribution in [3.63, 3.8) is 0 Å². The average Bonchev–Trinajstić information content (AvgIpc) is 2.95. The zero-order valence-corrected chi connectivity index (χ0v) is 21.2. The number of aromatic carboxylic acids is 1. The molecule has 0 aromatic heterocycles. The SMILES string of the molecule is O=C(O)c1ccc(N=Nc2c3c4cccc3c(O)c3cccc(c23)OCCOCCOCCOCCO4)cc1. The van der Waals surface area contributed by atoms with Gasteiger partial charge in [0, 0.05) is 10.8 Å². The lowest BCUT2D eigenvalue weighted by atomic mass is 9.98. The number of ether oxygens (including phenoxy) is 5. The summed E-state index contributed by atoms with van der Waals surface area (Å²) in [6, 6.07) is 16.9. The highest BCUT2D eigenvalue weighted by molar-refractivity contribution is 6.18. The van der Waals surface area contributed by atoms with Crippen LogP contribution in [0.15, 0.2) is 70.9 Å². The van der Waals surface area contributed by atoms with E-state index in [2.05, 4.69) is 10.2 Å². The highest BCUT2D eigenvalue weighted by atomic mass is 16.6. The summed E-state index contributed by atoms with van der Waals surface area (Å²) < 4.78 is 28.9. The van der Waals surface area contributed by atoms with Gasteiger partial charge in [0.25, 0.3) is 0 Å². The first-order valence-corrected chi connectivity index (χ1v) is 12.6. The van der Waals surface area contributed by atoms with E-state index in [9.17, 15) is 15.0 Å². The maximum atomic E-state index is 11.3. The molecule has 0 atom stereocenters. The molecule has 39 heavy (non-hydrogen) atoms. The second-order valence-corrected chi connectivity index (χ2v) is 8.64. The monoisotopic (exact) mass is 532 g/mol. The summed E-state index contributed by atoms with van der Waals surface area (Å²) >= 11 is 0. The second kappa shape index (κ2) is 12.5. The van der Waals surface area contributed by atoms with E-state index >= 15 is 0 Å². The number of phenolic OH excluding ortho intramolecular Hbond substituents is 1. The Balaban J connectivity index is 1.65. The van der Waals surface area contributed by atoms with Crippen LogP contribution in [-0.4, -0.2) is 69.0 Å². The van der Waals surface area contributed by atoms with E-state index in [1.165, 1.54) is 12.1 Å². The molecule has 0 amide bonds. The van der Waals surface area contributed by atoms with E-state index in [-0.39, 0.29) is 24.5 Å². The Morgan fingerprint density at radius 1 is 0.641 bits per heavy atom. The summed E-state index contributed by atoms with van der Waals surface area (Å²) in [6.07, 6.45) is 0. The van der Waals surface area contributed by atoms with Gasteiger partial charge in [-0.1, -0.05) is 24.3 Å². The van der Waals surface area contributed by atoms with Crippen LogP contribution in [0.3, 0.4) is 0 Å². The lowest BCUT2D eigenvalue weighted by molar-refractivity contribution is 0.00510. The van der Waals surface area contributed by atoms with Gasteiger partial charge in [-0.25, -0.2) is 4.79 Å². The van der Waals surface area contributed by atoms with Gasteiger partial charge in [0.05, 0.1) is 61.7 Å². The highest BCUT2D eigenvalue weighted by Crippen LogP contribution is 2.49. The van der Waals surface area contributed by atoms with E-state index in [1.807, 2.05) is 0 Å². The first-order chi connectivity index (χ1) is 19.1. The normalized spacial score (nSPS) is 15.7. The number of carboxylic acid groups (broad SMARTS) is 1. The summed E-state index contributed by atoms with van der Waals surface area (Å²) in [6.45, 7) is 2.98. The molecule has 4 aromatic rings. The van der Waals surface area contributed by atoms with Crippen LogP contribution in [0.4, 0.5) is 11.4 Å². The van der Waals surface area contributed by atoms with Gasteiger partial charge < -0.3 is 33.9 Å². The molecule has 10 heteroatoms. The Morgan fingerprint density at radius 2 is 1.13 bits per heavy atom. The van der Waals surface area contributed by atoms with Gasteiger partial charge in [0.15, 0.2) is 0 Å². The Bertz CT molecular complexity index is 1410. The Kier molecular flexibility index (Phi) is 8.47. The number of benzene rings is 4.